The molecule has 0 atom stereocenters. The van der Waals surface area contributed by atoms with Crippen LogP contribution in [0.5, 0.6) is 0 Å². The third-order valence-electron chi connectivity index (χ3n) is 8.60. The van der Waals surface area contributed by atoms with Gasteiger partial charge >= 0.3 is 0 Å². The SMILES string of the molecule is Cc1cc(-c2cccc(-c3cc(-c4nc(-c5ccccc5)nc(-c5ccccc5)n4)cc(-c4cccc5ccccc45)c3)c2)cc(C)n1. The molecule has 0 aliphatic heterocycles. The number of hydrogen-bond donors (Lipinski definition) is 0. The van der Waals surface area contributed by atoms with E-state index in [2.05, 4.69) is 102 Å². The first-order valence-corrected chi connectivity index (χ1v) is 16.1. The third kappa shape index (κ3) is 5.88. The van der Waals surface area contributed by atoms with Crippen molar-refractivity contribution in [3.05, 3.63) is 169 Å². The van der Waals surface area contributed by atoms with E-state index in [0.29, 0.717) is 17.5 Å². The Balaban J connectivity index is 1.36. The van der Waals surface area contributed by atoms with Gasteiger partial charge in [0.15, 0.2) is 17.5 Å². The Bertz CT molecular complexity index is 2330. The summed E-state index contributed by atoms with van der Waals surface area (Å²) in [7, 11) is 0. The van der Waals surface area contributed by atoms with E-state index in [9.17, 15) is 0 Å². The fourth-order valence-electron chi connectivity index (χ4n) is 6.37. The minimum atomic E-state index is 0.627. The van der Waals surface area contributed by atoms with Crippen molar-refractivity contribution in [3.63, 3.8) is 0 Å². The minimum Gasteiger partial charge on any atom is -0.258 e. The molecule has 48 heavy (non-hydrogen) atoms. The fraction of sp³-hybridized carbons (Fsp3) is 0.0455. The van der Waals surface area contributed by atoms with Crippen molar-refractivity contribution in [2.24, 2.45) is 0 Å². The maximum absolute atomic E-state index is 5.09. The lowest BCUT2D eigenvalue weighted by molar-refractivity contribution is 1.07. The molecule has 0 amide bonds. The summed E-state index contributed by atoms with van der Waals surface area (Å²) in [5.41, 5.74) is 11.6. The number of nitrogens with zero attached hydrogens (tertiary/aromatic N) is 4. The maximum atomic E-state index is 5.09. The molecule has 0 saturated carbocycles. The third-order valence-corrected chi connectivity index (χ3v) is 8.60. The molecule has 0 fully saturated rings. The van der Waals surface area contributed by atoms with Crippen molar-refractivity contribution < 1.29 is 0 Å². The molecule has 0 N–H and O–H groups in total. The maximum Gasteiger partial charge on any atom is 0.164 e. The molecule has 0 bridgehead atoms. The molecule has 0 unspecified atom stereocenters. The first kappa shape index (κ1) is 29.2. The smallest absolute Gasteiger partial charge is 0.164 e. The Labute approximate surface area is 280 Å². The van der Waals surface area contributed by atoms with Crippen LogP contribution in [0.25, 0.3) is 78.3 Å². The lowest BCUT2D eigenvalue weighted by atomic mass is 9.92. The summed E-state index contributed by atoms with van der Waals surface area (Å²) in [6.45, 7) is 4.09. The monoisotopic (exact) mass is 616 g/mol. The second-order valence-electron chi connectivity index (χ2n) is 12.1. The Morgan fingerprint density at radius 2 is 0.750 bits per heavy atom. The summed E-state index contributed by atoms with van der Waals surface area (Å²) in [6.07, 6.45) is 0. The topological polar surface area (TPSA) is 51.6 Å². The summed E-state index contributed by atoms with van der Waals surface area (Å²) in [4.78, 5) is 19.7. The van der Waals surface area contributed by atoms with Crippen LogP contribution >= 0.6 is 0 Å². The molecule has 8 aromatic rings. The first-order valence-electron chi connectivity index (χ1n) is 16.1. The van der Waals surface area contributed by atoms with Crippen LogP contribution in [-0.4, -0.2) is 19.9 Å². The molecule has 0 radical (unpaired) electrons. The quantitative estimate of drug-likeness (QED) is 0.186. The number of aromatic nitrogens is 4. The van der Waals surface area contributed by atoms with Crippen LogP contribution in [0, 0.1) is 13.8 Å². The van der Waals surface area contributed by atoms with Crippen LogP contribution in [-0.2, 0) is 0 Å². The van der Waals surface area contributed by atoms with Crippen LogP contribution in [0.2, 0.25) is 0 Å². The molecule has 8 rings (SSSR count). The van der Waals surface area contributed by atoms with E-state index in [1.165, 1.54) is 10.8 Å². The lowest BCUT2D eigenvalue weighted by Gasteiger charge is -2.14. The van der Waals surface area contributed by atoms with Gasteiger partial charge in [0.1, 0.15) is 0 Å². The van der Waals surface area contributed by atoms with Crippen molar-refractivity contribution in [3.8, 4) is 67.5 Å². The molecule has 6 aromatic carbocycles. The van der Waals surface area contributed by atoms with E-state index in [4.69, 9.17) is 15.0 Å². The van der Waals surface area contributed by atoms with Gasteiger partial charge in [-0.3, -0.25) is 4.98 Å². The highest BCUT2D eigenvalue weighted by molar-refractivity contribution is 5.98. The molecule has 0 aliphatic carbocycles. The van der Waals surface area contributed by atoms with Crippen molar-refractivity contribution in [1.82, 2.24) is 19.9 Å². The zero-order chi connectivity index (χ0) is 32.5. The van der Waals surface area contributed by atoms with Gasteiger partial charge in [-0.2, -0.15) is 0 Å². The zero-order valence-electron chi connectivity index (χ0n) is 26.8. The molecule has 2 heterocycles. The van der Waals surface area contributed by atoms with Gasteiger partial charge in [-0.25, -0.2) is 15.0 Å². The van der Waals surface area contributed by atoms with Crippen molar-refractivity contribution in [2.45, 2.75) is 13.8 Å². The molecule has 228 valence electrons. The van der Waals surface area contributed by atoms with Crippen molar-refractivity contribution >= 4 is 10.8 Å². The standard InChI is InChI=1S/C44H32N4/c1-29-23-36(24-30(2)45-29)34-19-11-20-35(25-34)37-26-38(41-22-12-18-31-13-9-10-21-40(31)41)28-39(27-37)44-47-42(32-14-5-3-6-15-32)46-43(48-44)33-16-7-4-8-17-33/h3-28H,1-2H3. The van der Waals surface area contributed by atoms with Crippen LogP contribution in [0.1, 0.15) is 11.4 Å². The molecule has 4 nitrogen and oxygen atoms in total. The molecule has 0 aliphatic rings. The van der Waals surface area contributed by atoms with Crippen molar-refractivity contribution in [2.75, 3.05) is 0 Å². The molecule has 4 heteroatoms. The number of rotatable bonds is 6. The molecule has 0 spiro atoms. The molecular formula is C44H32N4. The highest BCUT2D eigenvalue weighted by Gasteiger charge is 2.16. The fourth-order valence-corrected chi connectivity index (χ4v) is 6.37. The Morgan fingerprint density at radius 1 is 0.312 bits per heavy atom. The average Bonchev–Trinajstić information content (AvgIpc) is 3.14. The number of aryl methyl sites for hydroxylation is 2. The Hall–Kier alpha value is -6.26. The van der Waals surface area contributed by atoms with E-state index in [-0.39, 0.29) is 0 Å². The Morgan fingerprint density at radius 3 is 1.40 bits per heavy atom. The van der Waals surface area contributed by atoms with Gasteiger partial charge in [-0.15, -0.1) is 0 Å². The normalized spacial score (nSPS) is 11.1. The number of pyridine rings is 1. The second kappa shape index (κ2) is 12.5. The number of benzene rings is 6. The summed E-state index contributed by atoms with van der Waals surface area (Å²) in [6, 6.07) is 55.0. The highest BCUT2D eigenvalue weighted by atomic mass is 15.0. The average molecular weight is 617 g/mol. The van der Waals surface area contributed by atoms with Gasteiger partial charge in [-0.1, -0.05) is 121 Å². The van der Waals surface area contributed by atoms with E-state index in [1.807, 2.05) is 74.5 Å². The van der Waals surface area contributed by atoms with E-state index in [1.54, 1.807) is 0 Å². The van der Waals surface area contributed by atoms with E-state index < -0.39 is 0 Å². The van der Waals surface area contributed by atoms with Gasteiger partial charge < -0.3 is 0 Å². The molecule has 0 saturated heterocycles. The zero-order valence-corrected chi connectivity index (χ0v) is 26.8. The predicted molar refractivity (Wildman–Crippen MR) is 197 cm³/mol. The van der Waals surface area contributed by atoms with Crippen LogP contribution in [0.4, 0.5) is 0 Å². The predicted octanol–water partition coefficient (Wildman–Crippen LogP) is 11.0. The van der Waals surface area contributed by atoms with Gasteiger partial charge in [0.2, 0.25) is 0 Å². The second-order valence-corrected chi connectivity index (χ2v) is 12.1. The minimum absolute atomic E-state index is 0.627. The number of fused-ring (bicyclic) bond motifs is 1. The van der Waals surface area contributed by atoms with Crippen LogP contribution in [0.15, 0.2) is 158 Å². The summed E-state index contributed by atoms with van der Waals surface area (Å²) < 4.78 is 0. The van der Waals surface area contributed by atoms with Gasteiger partial charge in [-0.05, 0) is 94.4 Å². The summed E-state index contributed by atoms with van der Waals surface area (Å²) in [5, 5.41) is 2.40. The summed E-state index contributed by atoms with van der Waals surface area (Å²) in [5.74, 6) is 1.91. The Kier molecular flexibility index (Phi) is 7.60. The van der Waals surface area contributed by atoms with Crippen molar-refractivity contribution in [1.29, 1.82) is 0 Å². The van der Waals surface area contributed by atoms with Crippen LogP contribution < -0.4 is 0 Å². The summed E-state index contributed by atoms with van der Waals surface area (Å²) >= 11 is 0. The van der Waals surface area contributed by atoms with E-state index in [0.717, 1.165) is 61.5 Å². The van der Waals surface area contributed by atoms with Gasteiger partial charge in [0, 0.05) is 28.1 Å². The largest absolute Gasteiger partial charge is 0.258 e. The first-order chi connectivity index (χ1) is 23.6. The number of hydrogen-bond acceptors (Lipinski definition) is 4. The van der Waals surface area contributed by atoms with Gasteiger partial charge in [0.25, 0.3) is 0 Å². The molecule has 2 aromatic heterocycles. The van der Waals surface area contributed by atoms with Crippen LogP contribution in [0.3, 0.4) is 0 Å². The lowest BCUT2D eigenvalue weighted by Crippen LogP contribution is -2.00. The highest BCUT2D eigenvalue weighted by Crippen LogP contribution is 2.37. The molecular weight excluding hydrogens is 585 g/mol. The van der Waals surface area contributed by atoms with Gasteiger partial charge in [0.05, 0.1) is 0 Å². The van der Waals surface area contributed by atoms with E-state index >= 15 is 0 Å².